The van der Waals surface area contributed by atoms with Crippen molar-refractivity contribution in [2.75, 3.05) is 19.7 Å². The SMILES string of the molecule is NC(COCc1ccccc1)C(=O)N1CCC(CCCC(=O)NO)CC1. The highest BCUT2D eigenvalue weighted by molar-refractivity contribution is 5.81. The summed E-state index contributed by atoms with van der Waals surface area (Å²) in [7, 11) is 0. The van der Waals surface area contributed by atoms with Crippen LogP contribution in [0.2, 0.25) is 0 Å². The minimum Gasteiger partial charge on any atom is -0.375 e. The van der Waals surface area contributed by atoms with Crippen molar-refractivity contribution in [3.8, 4) is 0 Å². The molecule has 1 aromatic rings. The quantitative estimate of drug-likeness (QED) is 0.455. The molecule has 0 saturated carbocycles. The highest BCUT2D eigenvalue weighted by Gasteiger charge is 2.26. The number of benzene rings is 1. The highest BCUT2D eigenvalue weighted by atomic mass is 16.5. The van der Waals surface area contributed by atoms with Crippen LogP contribution in [0.25, 0.3) is 0 Å². The van der Waals surface area contributed by atoms with E-state index in [4.69, 9.17) is 15.7 Å². The molecule has 1 heterocycles. The van der Waals surface area contributed by atoms with Gasteiger partial charge in [0.25, 0.3) is 0 Å². The van der Waals surface area contributed by atoms with Gasteiger partial charge in [-0.15, -0.1) is 0 Å². The molecule has 26 heavy (non-hydrogen) atoms. The first-order valence-electron chi connectivity index (χ1n) is 9.19. The number of amides is 2. The zero-order chi connectivity index (χ0) is 18.8. The van der Waals surface area contributed by atoms with E-state index in [2.05, 4.69) is 0 Å². The van der Waals surface area contributed by atoms with Gasteiger partial charge in [0.15, 0.2) is 0 Å². The fourth-order valence-electron chi connectivity index (χ4n) is 3.23. The molecule has 2 rings (SSSR count). The minimum absolute atomic E-state index is 0.0591. The largest absolute Gasteiger partial charge is 0.375 e. The first-order valence-corrected chi connectivity index (χ1v) is 9.19. The van der Waals surface area contributed by atoms with Gasteiger partial charge in [-0.25, -0.2) is 5.48 Å². The number of piperidine rings is 1. The Morgan fingerprint density at radius 2 is 1.96 bits per heavy atom. The van der Waals surface area contributed by atoms with E-state index in [-0.39, 0.29) is 18.4 Å². The van der Waals surface area contributed by atoms with Gasteiger partial charge in [0, 0.05) is 19.5 Å². The lowest BCUT2D eigenvalue weighted by Gasteiger charge is -2.33. The van der Waals surface area contributed by atoms with Crippen molar-refractivity contribution in [2.24, 2.45) is 11.7 Å². The Kier molecular flexibility index (Phi) is 8.53. The van der Waals surface area contributed by atoms with E-state index in [1.165, 1.54) is 0 Å². The maximum Gasteiger partial charge on any atom is 0.243 e. The monoisotopic (exact) mass is 363 g/mol. The molecule has 1 fully saturated rings. The first-order chi connectivity index (χ1) is 12.6. The number of hydrogen-bond acceptors (Lipinski definition) is 5. The average Bonchev–Trinajstić information content (AvgIpc) is 2.68. The molecule has 1 saturated heterocycles. The number of nitrogens with one attached hydrogen (secondary N) is 1. The van der Waals surface area contributed by atoms with Crippen molar-refractivity contribution in [3.63, 3.8) is 0 Å². The summed E-state index contributed by atoms with van der Waals surface area (Å²) < 4.78 is 5.57. The van der Waals surface area contributed by atoms with Gasteiger partial charge >= 0.3 is 0 Å². The third-order valence-electron chi connectivity index (χ3n) is 4.79. The maximum atomic E-state index is 12.4. The molecule has 0 aromatic heterocycles. The molecule has 0 bridgehead atoms. The van der Waals surface area contributed by atoms with Crippen molar-refractivity contribution >= 4 is 11.8 Å². The van der Waals surface area contributed by atoms with Crippen LogP contribution < -0.4 is 11.2 Å². The molecule has 1 aliphatic rings. The molecule has 0 aliphatic carbocycles. The Hall–Kier alpha value is -1.96. The summed E-state index contributed by atoms with van der Waals surface area (Å²) in [6.07, 6.45) is 3.85. The van der Waals surface area contributed by atoms with Gasteiger partial charge in [-0.1, -0.05) is 30.3 Å². The van der Waals surface area contributed by atoms with Crippen LogP contribution in [-0.2, 0) is 20.9 Å². The van der Waals surface area contributed by atoms with Crippen LogP contribution in [0, 0.1) is 5.92 Å². The van der Waals surface area contributed by atoms with E-state index in [0.29, 0.717) is 32.0 Å². The number of carbonyl (C=O) groups is 2. The fraction of sp³-hybridized carbons (Fsp3) is 0.579. The Bertz CT molecular complexity index is 559. The van der Waals surface area contributed by atoms with E-state index < -0.39 is 6.04 Å². The summed E-state index contributed by atoms with van der Waals surface area (Å²) in [6, 6.07) is 9.16. The smallest absolute Gasteiger partial charge is 0.243 e. The molecule has 1 aromatic carbocycles. The van der Waals surface area contributed by atoms with Crippen LogP contribution in [0.3, 0.4) is 0 Å². The Balaban J connectivity index is 1.63. The number of nitrogens with zero attached hydrogens (tertiary/aromatic N) is 1. The fourth-order valence-corrected chi connectivity index (χ4v) is 3.23. The lowest BCUT2D eigenvalue weighted by molar-refractivity contribution is -0.135. The van der Waals surface area contributed by atoms with Crippen LogP contribution in [-0.4, -0.2) is 47.7 Å². The summed E-state index contributed by atoms with van der Waals surface area (Å²) >= 11 is 0. The molecule has 1 aliphatic heterocycles. The number of hydrogen-bond donors (Lipinski definition) is 3. The van der Waals surface area contributed by atoms with E-state index >= 15 is 0 Å². The van der Waals surface area contributed by atoms with E-state index in [9.17, 15) is 9.59 Å². The second kappa shape index (κ2) is 10.9. The van der Waals surface area contributed by atoms with Crippen molar-refractivity contribution in [2.45, 2.75) is 44.8 Å². The molecule has 0 spiro atoms. The zero-order valence-corrected chi connectivity index (χ0v) is 15.1. The molecule has 144 valence electrons. The first kappa shape index (κ1) is 20.4. The molecule has 4 N–H and O–H groups in total. The second-order valence-corrected chi connectivity index (χ2v) is 6.80. The number of rotatable bonds is 9. The van der Waals surface area contributed by atoms with Crippen molar-refractivity contribution in [1.29, 1.82) is 0 Å². The normalized spacial score (nSPS) is 16.3. The second-order valence-electron chi connectivity index (χ2n) is 6.80. The lowest BCUT2D eigenvalue weighted by atomic mass is 9.91. The summed E-state index contributed by atoms with van der Waals surface area (Å²) in [5.41, 5.74) is 8.70. The molecule has 1 unspecified atom stereocenters. The molecule has 0 radical (unpaired) electrons. The Morgan fingerprint density at radius 1 is 1.27 bits per heavy atom. The zero-order valence-electron chi connectivity index (χ0n) is 15.1. The lowest BCUT2D eigenvalue weighted by Crippen LogP contribution is -2.49. The predicted molar refractivity (Wildman–Crippen MR) is 97.2 cm³/mol. The molecule has 7 nitrogen and oxygen atoms in total. The Morgan fingerprint density at radius 3 is 2.62 bits per heavy atom. The molecule has 1 atom stereocenters. The summed E-state index contributed by atoms with van der Waals surface area (Å²) in [4.78, 5) is 25.2. The van der Waals surface area contributed by atoms with E-state index in [1.807, 2.05) is 35.2 Å². The molecule has 2 amide bonds. The van der Waals surface area contributed by atoms with Gasteiger partial charge in [-0.05, 0) is 37.2 Å². The van der Waals surface area contributed by atoms with Crippen molar-refractivity contribution in [3.05, 3.63) is 35.9 Å². The predicted octanol–water partition coefficient (Wildman–Crippen LogP) is 1.44. The van der Waals surface area contributed by atoms with Gasteiger partial charge in [0.05, 0.1) is 13.2 Å². The molecular weight excluding hydrogens is 334 g/mol. The number of hydroxylamine groups is 1. The van der Waals surface area contributed by atoms with Gasteiger partial charge in [-0.3, -0.25) is 14.8 Å². The van der Waals surface area contributed by atoms with Crippen molar-refractivity contribution < 1.29 is 19.5 Å². The third kappa shape index (κ3) is 6.74. The average molecular weight is 363 g/mol. The topological polar surface area (TPSA) is 105 Å². The van der Waals surface area contributed by atoms with Gasteiger partial charge < -0.3 is 15.4 Å². The summed E-state index contributed by atoms with van der Waals surface area (Å²) in [5, 5.41) is 8.48. The number of likely N-dealkylation sites (tertiary alicyclic amines) is 1. The third-order valence-corrected chi connectivity index (χ3v) is 4.79. The number of carbonyl (C=O) groups excluding carboxylic acids is 2. The van der Waals surface area contributed by atoms with Crippen LogP contribution in [0.1, 0.15) is 37.7 Å². The van der Waals surface area contributed by atoms with Crippen LogP contribution >= 0.6 is 0 Å². The summed E-state index contributed by atoms with van der Waals surface area (Å²) in [5.74, 6) is 0.103. The van der Waals surface area contributed by atoms with Gasteiger partial charge in [-0.2, -0.15) is 0 Å². The number of nitrogens with two attached hydrogens (primary N) is 1. The van der Waals surface area contributed by atoms with Crippen LogP contribution in [0.15, 0.2) is 30.3 Å². The highest BCUT2D eigenvalue weighted by Crippen LogP contribution is 2.23. The number of ether oxygens (including phenoxy) is 1. The van der Waals surface area contributed by atoms with Crippen LogP contribution in [0.5, 0.6) is 0 Å². The summed E-state index contributed by atoms with van der Waals surface area (Å²) in [6.45, 7) is 2.05. The van der Waals surface area contributed by atoms with E-state index in [1.54, 1.807) is 5.48 Å². The van der Waals surface area contributed by atoms with Crippen LogP contribution in [0.4, 0.5) is 0 Å². The van der Waals surface area contributed by atoms with Crippen molar-refractivity contribution in [1.82, 2.24) is 10.4 Å². The van der Waals surface area contributed by atoms with Gasteiger partial charge in [0.2, 0.25) is 11.8 Å². The minimum atomic E-state index is -0.636. The van der Waals surface area contributed by atoms with Gasteiger partial charge in [0.1, 0.15) is 6.04 Å². The molecule has 7 heteroatoms. The standard InChI is InChI=1S/C19H29N3O4/c20-17(14-26-13-16-5-2-1-3-6-16)19(24)22-11-9-15(10-12-22)7-4-8-18(23)21-25/h1-3,5-6,15,17,25H,4,7-14,20H2,(H,21,23). The maximum absolute atomic E-state index is 12.4. The Labute approximate surface area is 154 Å². The molecular formula is C19H29N3O4. The van der Waals surface area contributed by atoms with E-state index in [0.717, 1.165) is 31.2 Å².